The molecule has 5 rings (SSSR count). The summed E-state index contributed by atoms with van der Waals surface area (Å²) in [5.41, 5.74) is 3.78. The Kier molecular flexibility index (Phi) is 4.80. The maximum atomic E-state index is 12.8. The number of aromatic nitrogens is 2. The van der Waals surface area contributed by atoms with Gasteiger partial charge in [-0.05, 0) is 48.7 Å². The van der Waals surface area contributed by atoms with E-state index in [2.05, 4.69) is 32.7 Å². The number of hydrogen-bond donors (Lipinski definition) is 2. The lowest BCUT2D eigenvalue weighted by Gasteiger charge is -2.17. The molecule has 5 aromatic rings. The summed E-state index contributed by atoms with van der Waals surface area (Å²) in [6, 6.07) is 22.8. The second-order valence-electron chi connectivity index (χ2n) is 7.32. The minimum Gasteiger partial charge on any atom is -0.436 e. The first-order valence-electron chi connectivity index (χ1n) is 10.0. The molecule has 0 saturated heterocycles. The summed E-state index contributed by atoms with van der Waals surface area (Å²) in [7, 11) is 0. The largest absolute Gasteiger partial charge is 0.436 e. The molecular weight excluding hydrogens is 388 g/mol. The highest BCUT2D eigenvalue weighted by Crippen LogP contribution is 2.26. The molecule has 0 aliphatic heterocycles. The van der Waals surface area contributed by atoms with Gasteiger partial charge in [-0.3, -0.25) is 9.78 Å². The van der Waals surface area contributed by atoms with Gasteiger partial charge in [0.15, 0.2) is 5.58 Å². The van der Waals surface area contributed by atoms with Gasteiger partial charge in [-0.25, -0.2) is 4.98 Å². The molecule has 0 saturated carbocycles. The van der Waals surface area contributed by atoms with Crippen molar-refractivity contribution in [2.24, 2.45) is 0 Å². The fraction of sp³-hybridized carbons (Fsp3) is 0.0800. The van der Waals surface area contributed by atoms with Crippen molar-refractivity contribution in [2.45, 2.75) is 13.0 Å². The van der Waals surface area contributed by atoms with Crippen LogP contribution in [0, 0.1) is 0 Å². The molecule has 6 heteroatoms. The summed E-state index contributed by atoms with van der Waals surface area (Å²) >= 11 is 0. The molecule has 0 aliphatic carbocycles. The van der Waals surface area contributed by atoms with Crippen LogP contribution in [-0.4, -0.2) is 21.9 Å². The Bertz CT molecular complexity index is 1370. The van der Waals surface area contributed by atoms with E-state index >= 15 is 0 Å². The maximum absolute atomic E-state index is 12.8. The van der Waals surface area contributed by atoms with Gasteiger partial charge < -0.3 is 15.1 Å². The summed E-state index contributed by atoms with van der Waals surface area (Å²) in [4.78, 5) is 21.3. The predicted octanol–water partition coefficient (Wildman–Crippen LogP) is 5.48. The SMILES string of the molecule is CC(Nc1cccc2ccccc12)C(=O)Nc1ccc2oc(-c3ccncc3)nc2c1. The standard InChI is InChI=1S/C25H20N4O2/c1-16(27-21-8-4-6-17-5-2-3-7-20(17)21)24(30)28-19-9-10-23-22(15-19)29-25(31-23)18-11-13-26-14-12-18/h2-16,27H,1H3,(H,28,30). The molecule has 31 heavy (non-hydrogen) atoms. The van der Waals surface area contributed by atoms with Gasteiger partial charge in [-0.2, -0.15) is 0 Å². The van der Waals surface area contributed by atoms with Crippen molar-refractivity contribution in [1.29, 1.82) is 0 Å². The Morgan fingerprint density at radius 2 is 1.77 bits per heavy atom. The van der Waals surface area contributed by atoms with E-state index in [1.54, 1.807) is 12.4 Å². The lowest BCUT2D eigenvalue weighted by atomic mass is 10.1. The number of rotatable bonds is 5. The molecular formula is C25H20N4O2. The lowest BCUT2D eigenvalue weighted by Crippen LogP contribution is -2.31. The van der Waals surface area contributed by atoms with Crippen LogP contribution in [0.2, 0.25) is 0 Å². The number of nitrogens with zero attached hydrogens (tertiary/aromatic N) is 2. The van der Waals surface area contributed by atoms with Crippen LogP contribution in [-0.2, 0) is 4.79 Å². The Morgan fingerprint density at radius 1 is 0.968 bits per heavy atom. The highest BCUT2D eigenvalue weighted by molar-refractivity contribution is 6.00. The molecule has 0 bridgehead atoms. The lowest BCUT2D eigenvalue weighted by molar-refractivity contribution is -0.116. The number of fused-ring (bicyclic) bond motifs is 2. The summed E-state index contributed by atoms with van der Waals surface area (Å²) in [5, 5.41) is 8.48. The number of hydrogen-bond acceptors (Lipinski definition) is 5. The number of carbonyl (C=O) groups excluding carboxylic acids is 1. The van der Waals surface area contributed by atoms with E-state index in [-0.39, 0.29) is 5.91 Å². The maximum Gasteiger partial charge on any atom is 0.246 e. The molecule has 152 valence electrons. The first-order chi connectivity index (χ1) is 15.2. The molecule has 2 N–H and O–H groups in total. The number of anilines is 2. The van der Waals surface area contributed by atoms with E-state index < -0.39 is 6.04 Å². The Hall–Kier alpha value is -4.19. The van der Waals surface area contributed by atoms with Gasteiger partial charge in [0.1, 0.15) is 11.6 Å². The van der Waals surface area contributed by atoms with Crippen molar-refractivity contribution in [3.8, 4) is 11.5 Å². The fourth-order valence-corrected chi connectivity index (χ4v) is 3.52. The van der Waals surface area contributed by atoms with Crippen molar-refractivity contribution < 1.29 is 9.21 Å². The molecule has 6 nitrogen and oxygen atoms in total. The van der Waals surface area contributed by atoms with Crippen molar-refractivity contribution in [1.82, 2.24) is 9.97 Å². The monoisotopic (exact) mass is 408 g/mol. The van der Waals surface area contributed by atoms with Gasteiger partial charge in [0, 0.05) is 34.7 Å². The Labute approximate surface area is 178 Å². The van der Waals surface area contributed by atoms with Crippen molar-refractivity contribution in [3.63, 3.8) is 0 Å². The predicted molar refractivity (Wildman–Crippen MR) is 123 cm³/mol. The van der Waals surface area contributed by atoms with E-state index in [0.717, 1.165) is 22.0 Å². The van der Waals surface area contributed by atoms with Gasteiger partial charge in [-0.15, -0.1) is 0 Å². The third-order valence-corrected chi connectivity index (χ3v) is 5.14. The average Bonchev–Trinajstić information content (AvgIpc) is 3.23. The first-order valence-corrected chi connectivity index (χ1v) is 10.0. The number of benzene rings is 3. The van der Waals surface area contributed by atoms with Crippen LogP contribution in [0.15, 0.2) is 89.6 Å². The van der Waals surface area contributed by atoms with Crippen LogP contribution in [0.3, 0.4) is 0 Å². The van der Waals surface area contributed by atoms with Crippen LogP contribution in [0.4, 0.5) is 11.4 Å². The molecule has 2 aromatic heterocycles. The summed E-state index contributed by atoms with van der Waals surface area (Å²) < 4.78 is 5.82. The average molecular weight is 408 g/mol. The number of oxazole rings is 1. The fourth-order valence-electron chi connectivity index (χ4n) is 3.52. The van der Waals surface area contributed by atoms with E-state index in [1.165, 1.54) is 0 Å². The van der Waals surface area contributed by atoms with Crippen LogP contribution >= 0.6 is 0 Å². The zero-order valence-corrected chi connectivity index (χ0v) is 16.9. The third-order valence-electron chi connectivity index (χ3n) is 5.14. The van der Waals surface area contributed by atoms with Gasteiger partial charge in [0.2, 0.25) is 11.8 Å². The quantitative estimate of drug-likeness (QED) is 0.402. The van der Waals surface area contributed by atoms with Crippen LogP contribution < -0.4 is 10.6 Å². The highest BCUT2D eigenvalue weighted by atomic mass is 16.3. The third kappa shape index (κ3) is 3.83. The molecule has 0 fully saturated rings. The van der Waals surface area contributed by atoms with Crippen molar-refractivity contribution >= 4 is 39.2 Å². The number of nitrogens with one attached hydrogen (secondary N) is 2. The van der Waals surface area contributed by atoms with E-state index in [0.29, 0.717) is 22.7 Å². The minimum atomic E-state index is -0.425. The Morgan fingerprint density at radius 3 is 2.65 bits per heavy atom. The van der Waals surface area contributed by atoms with E-state index in [4.69, 9.17) is 4.42 Å². The molecule has 0 aliphatic rings. The number of carbonyl (C=O) groups is 1. The molecule has 2 heterocycles. The molecule has 0 spiro atoms. The number of amides is 1. The van der Waals surface area contributed by atoms with Gasteiger partial charge in [-0.1, -0.05) is 36.4 Å². The van der Waals surface area contributed by atoms with Crippen LogP contribution in [0.25, 0.3) is 33.3 Å². The molecule has 1 amide bonds. The van der Waals surface area contributed by atoms with Gasteiger partial charge in [0.05, 0.1) is 0 Å². The van der Waals surface area contributed by atoms with Crippen molar-refractivity contribution in [2.75, 3.05) is 10.6 Å². The van der Waals surface area contributed by atoms with Gasteiger partial charge >= 0.3 is 0 Å². The molecule has 1 unspecified atom stereocenters. The highest BCUT2D eigenvalue weighted by Gasteiger charge is 2.15. The topological polar surface area (TPSA) is 80.0 Å². The van der Waals surface area contributed by atoms with Crippen molar-refractivity contribution in [3.05, 3.63) is 85.2 Å². The molecule has 1 atom stereocenters. The van der Waals surface area contributed by atoms with Crippen LogP contribution in [0.5, 0.6) is 0 Å². The second-order valence-corrected chi connectivity index (χ2v) is 7.32. The second kappa shape index (κ2) is 7.91. The summed E-state index contributed by atoms with van der Waals surface area (Å²) in [5.74, 6) is 0.386. The Balaban J connectivity index is 1.33. The normalized spacial score (nSPS) is 12.0. The summed E-state index contributed by atoms with van der Waals surface area (Å²) in [6.07, 6.45) is 3.39. The van der Waals surface area contributed by atoms with Crippen LogP contribution in [0.1, 0.15) is 6.92 Å². The number of pyridine rings is 1. The molecule has 3 aromatic carbocycles. The van der Waals surface area contributed by atoms with E-state index in [9.17, 15) is 4.79 Å². The first kappa shape index (κ1) is 18.8. The smallest absolute Gasteiger partial charge is 0.246 e. The molecule has 0 radical (unpaired) electrons. The summed E-state index contributed by atoms with van der Waals surface area (Å²) in [6.45, 7) is 1.84. The minimum absolute atomic E-state index is 0.134. The van der Waals surface area contributed by atoms with E-state index in [1.807, 2.05) is 67.6 Å². The zero-order chi connectivity index (χ0) is 21.2. The van der Waals surface area contributed by atoms with Gasteiger partial charge in [0.25, 0.3) is 0 Å². The zero-order valence-electron chi connectivity index (χ0n) is 16.9.